The number of hydrogen-bond acceptors (Lipinski definition) is 1. The maximum atomic E-state index is 13.4. The van der Waals surface area contributed by atoms with E-state index in [1.54, 1.807) is 12.3 Å². The van der Waals surface area contributed by atoms with Crippen molar-refractivity contribution in [3.8, 4) is 0 Å². The molecule has 2 rings (SSSR count). The quantitative estimate of drug-likeness (QED) is 0.632. The molecule has 4 heteroatoms. The number of hydrogen-bond donors (Lipinski definition) is 1. The van der Waals surface area contributed by atoms with Gasteiger partial charge in [0.2, 0.25) is 0 Å². The standard InChI is InChI=1S/C12H11FN2.ClH/c13-12-8-11(14)6-7-15(12)9-10-4-2-1-3-5-10;/h1-8,14H,9H2;1H/p+1. The van der Waals surface area contributed by atoms with Crippen molar-refractivity contribution in [2.24, 2.45) is 0 Å². The van der Waals surface area contributed by atoms with Crippen LogP contribution in [0.15, 0.2) is 48.7 Å². The third-order valence-corrected chi connectivity index (χ3v) is 2.20. The summed E-state index contributed by atoms with van der Waals surface area (Å²) in [5, 5.41) is 0. The van der Waals surface area contributed by atoms with Crippen LogP contribution in [0, 0.1) is 5.95 Å². The second kappa shape index (κ2) is 5.47. The van der Waals surface area contributed by atoms with Crippen LogP contribution >= 0.6 is 12.4 Å². The molecule has 0 amide bonds. The first kappa shape index (κ1) is 12.5. The van der Waals surface area contributed by atoms with Crippen LogP contribution in [-0.2, 0) is 6.54 Å². The van der Waals surface area contributed by atoms with Crippen LogP contribution in [0.2, 0.25) is 0 Å². The summed E-state index contributed by atoms with van der Waals surface area (Å²) in [5.41, 5.74) is 6.97. The minimum absolute atomic E-state index is 0. The fourth-order valence-corrected chi connectivity index (χ4v) is 1.42. The van der Waals surface area contributed by atoms with Crippen LogP contribution in [-0.4, -0.2) is 0 Å². The molecule has 1 aromatic carbocycles. The summed E-state index contributed by atoms with van der Waals surface area (Å²) in [7, 11) is 0. The van der Waals surface area contributed by atoms with Crippen molar-refractivity contribution in [1.29, 1.82) is 0 Å². The van der Waals surface area contributed by atoms with Crippen LogP contribution in [0.3, 0.4) is 0 Å². The normalized spacial score (nSPS) is 9.56. The first-order valence-corrected chi connectivity index (χ1v) is 4.74. The number of pyridine rings is 1. The Morgan fingerprint density at radius 1 is 1.12 bits per heavy atom. The highest BCUT2D eigenvalue weighted by molar-refractivity contribution is 5.85. The van der Waals surface area contributed by atoms with Gasteiger partial charge >= 0.3 is 5.95 Å². The number of aromatic nitrogens is 1. The smallest absolute Gasteiger partial charge is 0.361 e. The van der Waals surface area contributed by atoms with E-state index < -0.39 is 0 Å². The number of nitrogen functional groups attached to an aromatic ring is 1. The van der Waals surface area contributed by atoms with Crippen LogP contribution in [0.25, 0.3) is 0 Å². The molecular weight excluding hydrogens is 227 g/mol. The first-order valence-electron chi connectivity index (χ1n) is 4.74. The fraction of sp³-hybridized carbons (Fsp3) is 0.0833. The van der Waals surface area contributed by atoms with Gasteiger partial charge in [0.05, 0.1) is 6.07 Å². The van der Waals surface area contributed by atoms with Gasteiger partial charge in [-0.15, -0.1) is 16.8 Å². The molecular formula is C12H13ClFN2+. The lowest BCUT2D eigenvalue weighted by molar-refractivity contribution is -0.715. The molecule has 84 valence electrons. The second-order valence-corrected chi connectivity index (χ2v) is 3.40. The highest BCUT2D eigenvalue weighted by atomic mass is 35.5. The Hall–Kier alpha value is -1.61. The predicted octanol–water partition coefficient (Wildman–Crippen LogP) is 2.17. The van der Waals surface area contributed by atoms with Gasteiger partial charge in [0.25, 0.3) is 0 Å². The Morgan fingerprint density at radius 2 is 1.81 bits per heavy atom. The van der Waals surface area contributed by atoms with E-state index >= 15 is 0 Å². The largest absolute Gasteiger partial charge is 0.398 e. The van der Waals surface area contributed by atoms with E-state index in [9.17, 15) is 4.39 Å². The van der Waals surface area contributed by atoms with Gasteiger partial charge in [-0.1, -0.05) is 30.3 Å². The molecule has 1 heterocycles. The lowest BCUT2D eigenvalue weighted by atomic mass is 10.2. The molecule has 2 nitrogen and oxygen atoms in total. The number of anilines is 1. The molecule has 0 saturated heterocycles. The Kier molecular flexibility index (Phi) is 4.26. The van der Waals surface area contributed by atoms with E-state index in [1.165, 1.54) is 10.6 Å². The molecule has 16 heavy (non-hydrogen) atoms. The second-order valence-electron chi connectivity index (χ2n) is 3.40. The van der Waals surface area contributed by atoms with E-state index in [2.05, 4.69) is 0 Å². The minimum atomic E-state index is -0.321. The van der Waals surface area contributed by atoms with Crippen molar-refractivity contribution in [2.45, 2.75) is 6.54 Å². The van der Waals surface area contributed by atoms with Crippen molar-refractivity contribution >= 4 is 18.1 Å². The van der Waals surface area contributed by atoms with Gasteiger partial charge in [-0.25, -0.2) is 0 Å². The Bertz CT molecular complexity index is 460. The molecule has 1 aromatic heterocycles. The zero-order valence-corrected chi connectivity index (χ0v) is 9.45. The van der Waals surface area contributed by atoms with Crippen LogP contribution in [0.1, 0.15) is 5.56 Å². The molecule has 0 aliphatic rings. The molecule has 0 atom stereocenters. The predicted molar refractivity (Wildman–Crippen MR) is 63.8 cm³/mol. The number of nitrogens with two attached hydrogens (primary N) is 1. The number of rotatable bonds is 2. The fourth-order valence-electron chi connectivity index (χ4n) is 1.42. The molecule has 0 bridgehead atoms. The van der Waals surface area contributed by atoms with E-state index in [0.717, 1.165) is 5.56 Å². The van der Waals surface area contributed by atoms with Crippen LogP contribution < -0.4 is 10.3 Å². The van der Waals surface area contributed by atoms with Crippen LogP contribution in [0.4, 0.5) is 10.1 Å². The van der Waals surface area contributed by atoms with Gasteiger partial charge in [-0.3, -0.25) is 0 Å². The van der Waals surface area contributed by atoms with E-state index in [0.29, 0.717) is 12.2 Å². The zero-order chi connectivity index (χ0) is 10.7. The molecule has 0 radical (unpaired) electrons. The molecule has 2 N–H and O–H groups in total. The lowest BCUT2D eigenvalue weighted by Crippen LogP contribution is -2.38. The average molecular weight is 240 g/mol. The lowest BCUT2D eigenvalue weighted by Gasteiger charge is -1.99. The van der Waals surface area contributed by atoms with Gasteiger partial charge in [-0.2, -0.15) is 4.57 Å². The molecule has 0 aliphatic carbocycles. The molecule has 2 aromatic rings. The number of benzene rings is 1. The van der Waals surface area contributed by atoms with E-state index in [-0.39, 0.29) is 18.4 Å². The monoisotopic (exact) mass is 239 g/mol. The Balaban J connectivity index is 0.00000128. The Labute approximate surface area is 99.9 Å². The molecule has 0 unspecified atom stereocenters. The summed E-state index contributed by atoms with van der Waals surface area (Å²) in [6, 6.07) is 12.7. The van der Waals surface area contributed by atoms with Gasteiger partial charge < -0.3 is 5.73 Å². The zero-order valence-electron chi connectivity index (χ0n) is 8.64. The van der Waals surface area contributed by atoms with Crippen molar-refractivity contribution < 1.29 is 8.96 Å². The highest BCUT2D eigenvalue weighted by Gasteiger charge is 2.10. The van der Waals surface area contributed by atoms with Crippen molar-refractivity contribution in [1.82, 2.24) is 0 Å². The van der Waals surface area contributed by atoms with Crippen molar-refractivity contribution in [3.63, 3.8) is 0 Å². The molecule has 0 spiro atoms. The number of halogens is 2. The summed E-state index contributed by atoms with van der Waals surface area (Å²) in [6.45, 7) is 0.521. The van der Waals surface area contributed by atoms with Crippen molar-refractivity contribution in [2.75, 3.05) is 5.73 Å². The maximum Gasteiger partial charge on any atom is 0.361 e. The van der Waals surface area contributed by atoms with E-state index in [4.69, 9.17) is 5.73 Å². The molecule has 0 aliphatic heterocycles. The minimum Gasteiger partial charge on any atom is -0.398 e. The SMILES string of the molecule is Cl.Nc1cc[n+](Cc2ccccc2)c(F)c1. The summed E-state index contributed by atoms with van der Waals surface area (Å²) in [6.07, 6.45) is 1.65. The Morgan fingerprint density at radius 3 is 2.44 bits per heavy atom. The highest BCUT2D eigenvalue weighted by Crippen LogP contribution is 2.02. The third-order valence-electron chi connectivity index (χ3n) is 2.20. The van der Waals surface area contributed by atoms with Gasteiger partial charge in [0.1, 0.15) is 0 Å². The van der Waals surface area contributed by atoms with E-state index in [1.807, 2.05) is 30.3 Å². The maximum absolute atomic E-state index is 13.4. The van der Waals surface area contributed by atoms with Gasteiger partial charge in [-0.05, 0) is 0 Å². The van der Waals surface area contributed by atoms with Crippen molar-refractivity contribution in [3.05, 3.63) is 60.2 Å². The van der Waals surface area contributed by atoms with Gasteiger partial charge in [0.15, 0.2) is 12.7 Å². The van der Waals surface area contributed by atoms with Gasteiger partial charge in [0, 0.05) is 17.3 Å². The summed E-state index contributed by atoms with van der Waals surface area (Å²) in [5.74, 6) is -0.321. The first-order chi connectivity index (χ1) is 7.25. The number of nitrogens with zero attached hydrogens (tertiary/aromatic N) is 1. The molecule has 0 fully saturated rings. The molecule has 0 saturated carbocycles. The topological polar surface area (TPSA) is 29.9 Å². The summed E-state index contributed by atoms with van der Waals surface area (Å²) < 4.78 is 14.9. The third kappa shape index (κ3) is 2.94. The van der Waals surface area contributed by atoms with Crippen LogP contribution in [0.5, 0.6) is 0 Å². The summed E-state index contributed by atoms with van der Waals surface area (Å²) in [4.78, 5) is 0. The average Bonchev–Trinajstić information content (AvgIpc) is 2.24. The summed E-state index contributed by atoms with van der Waals surface area (Å²) >= 11 is 0.